The van der Waals surface area contributed by atoms with E-state index in [4.69, 9.17) is 9.47 Å². The number of carbonyl (C=O) groups excluding carboxylic acids is 2. The molecule has 1 unspecified atom stereocenters. The molecule has 1 atom stereocenters. The zero-order valence-corrected chi connectivity index (χ0v) is 27.9. The van der Waals surface area contributed by atoms with Crippen molar-refractivity contribution in [2.45, 2.75) is 64.1 Å². The van der Waals surface area contributed by atoms with Gasteiger partial charge in [0.05, 0.1) is 11.4 Å². The van der Waals surface area contributed by atoms with E-state index in [0.717, 1.165) is 52.0 Å². The number of nitrogens with zero attached hydrogens (tertiary/aromatic N) is 2. The molecule has 1 N–H and O–H groups in total. The molecular weight excluding hydrogens is 658 g/mol. The van der Waals surface area contributed by atoms with E-state index >= 15 is 0 Å². The smallest absolute Gasteiger partial charge is 0.244 e. The van der Waals surface area contributed by atoms with Crippen LogP contribution in [0.1, 0.15) is 50.2 Å². The maximum atomic E-state index is 14.5. The number of benzene rings is 3. The Kier molecular flexibility index (Phi) is 11.0. The number of halogens is 1. The number of nitrogens with one attached hydrogen (secondary N) is 1. The van der Waals surface area contributed by atoms with Gasteiger partial charge < -0.3 is 19.7 Å². The number of carbonyl (C=O) groups is 2. The minimum Gasteiger partial charge on any atom is -0.486 e. The number of sulfonamides is 1. The van der Waals surface area contributed by atoms with E-state index in [1.165, 1.54) is 4.90 Å². The van der Waals surface area contributed by atoms with Crippen LogP contribution in [-0.2, 0) is 32.6 Å². The standard InChI is InChI=1S/C34H40BrN3O6S/c1-2-45(41,42)38(29-17-18-31-32(22-29)44-20-19-43-31)24-33(39)37(23-26-13-15-27(35)16-14-26)30(21-25-9-5-3-6-10-25)34(40)36-28-11-7-4-8-12-28/h3,5-6,9-10,13-18,22,28,30H,2,4,7-8,11-12,19-21,23-24H2,1H3,(H,36,40). The van der Waals surface area contributed by atoms with Crippen LogP contribution in [0.3, 0.4) is 0 Å². The Morgan fingerprint density at radius 1 is 0.911 bits per heavy atom. The molecular formula is C34H40BrN3O6S. The summed E-state index contributed by atoms with van der Waals surface area (Å²) < 4.78 is 40.3. The lowest BCUT2D eigenvalue weighted by Crippen LogP contribution is -2.55. The Morgan fingerprint density at radius 2 is 1.60 bits per heavy atom. The van der Waals surface area contributed by atoms with Crippen molar-refractivity contribution in [1.29, 1.82) is 0 Å². The van der Waals surface area contributed by atoms with Crippen LogP contribution in [0.2, 0.25) is 0 Å². The average molecular weight is 699 g/mol. The summed E-state index contributed by atoms with van der Waals surface area (Å²) in [6.07, 6.45) is 5.33. The van der Waals surface area contributed by atoms with Gasteiger partial charge in [0.2, 0.25) is 21.8 Å². The summed E-state index contributed by atoms with van der Waals surface area (Å²) in [5, 5.41) is 3.23. The van der Waals surface area contributed by atoms with E-state index in [9.17, 15) is 18.0 Å². The van der Waals surface area contributed by atoms with E-state index in [0.29, 0.717) is 30.4 Å². The van der Waals surface area contributed by atoms with Gasteiger partial charge in [0.15, 0.2) is 11.5 Å². The van der Waals surface area contributed by atoms with Crippen molar-refractivity contribution < 1.29 is 27.5 Å². The quantitative estimate of drug-likeness (QED) is 0.269. The summed E-state index contributed by atoms with van der Waals surface area (Å²) in [5.41, 5.74) is 2.02. The van der Waals surface area contributed by atoms with E-state index in [-0.39, 0.29) is 30.7 Å². The first kappa shape index (κ1) is 32.8. The van der Waals surface area contributed by atoms with Gasteiger partial charge in [-0.25, -0.2) is 8.42 Å². The minimum absolute atomic E-state index is 0.0452. The van der Waals surface area contributed by atoms with Crippen LogP contribution >= 0.6 is 15.9 Å². The molecule has 1 heterocycles. The van der Waals surface area contributed by atoms with E-state index < -0.39 is 28.5 Å². The highest BCUT2D eigenvalue weighted by atomic mass is 79.9. The third kappa shape index (κ3) is 8.58. The Balaban J connectivity index is 1.51. The average Bonchev–Trinajstić information content (AvgIpc) is 3.06. The molecule has 0 spiro atoms. The van der Waals surface area contributed by atoms with Crippen molar-refractivity contribution in [3.05, 3.63) is 88.4 Å². The molecule has 0 radical (unpaired) electrons. The first-order valence-electron chi connectivity index (χ1n) is 15.5. The summed E-state index contributed by atoms with van der Waals surface area (Å²) in [6.45, 7) is 1.93. The van der Waals surface area contributed by atoms with E-state index in [2.05, 4.69) is 21.2 Å². The minimum atomic E-state index is -3.89. The predicted molar refractivity (Wildman–Crippen MR) is 178 cm³/mol. The molecule has 2 amide bonds. The lowest BCUT2D eigenvalue weighted by atomic mass is 9.94. The molecule has 1 aliphatic heterocycles. The number of anilines is 1. The van der Waals surface area contributed by atoms with Crippen molar-refractivity contribution >= 4 is 43.5 Å². The van der Waals surface area contributed by atoms with Crippen molar-refractivity contribution in [2.75, 3.05) is 29.8 Å². The fraction of sp³-hybridized carbons (Fsp3) is 0.412. The molecule has 0 aromatic heterocycles. The largest absolute Gasteiger partial charge is 0.486 e. The zero-order valence-electron chi connectivity index (χ0n) is 25.5. The second kappa shape index (κ2) is 15.1. The summed E-state index contributed by atoms with van der Waals surface area (Å²) in [6, 6.07) is 21.2. The second-order valence-electron chi connectivity index (χ2n) is 11.4. The molecule has 0 bridgehead atoms. The molecule has 1 aliphatic carbocycles. The van der Waals surface area contributed by atoms with Gasteiger partial charge in [-0.05, 0) is 55.2 Å². The van der Waals surface area contributed by atoms with Gasteiger partial charge in [0.25, 0.3) is 0 Å². The third-order valence-corrected chi connectivity index (χ3v) is 10.6. The summed E-state index contributed by atoms with van der Waals surface area (Å²) in [4.78, 5) is 30.1. The molecule has 1 fully saturated rings. The molecule has 0 saturated heterocycles. The third-order valence-electron chi connectivity index (χ3n) is 8.28. The molecule has 9 nitrogen and oxygen atoms in total. The maximum Gasteiger partial charge on any atom is 0.244 e. The summed E-state index contributed by atoms with van der Waals surface area (Å²) >= 11 is 3.47. The highest BCUT2D eigenvalue weighted by Gasteiger charge is 2.35. The normalized spacial score (nSPS) is 15.6. The zero-order chi connectivity index (χ0) is 31.8. The van der Waals surface area contributed by atoms with Gasteiger partial charge in [-0.2, -0.15) is 0 Å². The fourth-order valence-corrected chi connectivity index (χ4v) is 7.11. The predicted octanol–water partition coefficient (Wildman–Crippen LogP) is 5.47. The van der Waals surface area contributed by atoms with Gasteiger partial charge in [-0.3, -0.25) is 13.9 Å². The van der Waals surface area contributed by atoms with E-state index in [1.807, 2.05) is 54.6 Å². The molecule has 5 rings (SSSR count). The van der Waals surface area contributed by atoms with Crippen molar-refractivity contribution in [2.24, 2.45) is 0 Å². The van der Waals surface area contributed by atoms with Crippen molar-refractivity contribution in [3.63, 3.8) is 0 Å². The van der Waals surface area contributed by atoms with Crippen LogP contribution in [0.4, 0.5) is 5.69 Å². The molecule has 3 aromatic rings. The monoisotopic (exact) mass is 697 g/mol. The van der Waals surface area contributed by atoms with Crippen molar-refractivity contribution in [1.82, 2.24) is 10.2 Å². The fourth-order valence-electron chi connectivity index (χ4n) is 5.79. The number of hydrogen-bond donors (Lipinski definition) is 1. The van der Waals surface area contributed by atoms with Crippen LogP contribution < -0.4 is 19.1 Å². The van der Waals surface area contributed by atoms with Crippen LogP contribution in [0.5, 0.6) is 11.5 Å². The van der Waals surface area contributed by atoms with Gasteiger partial charge in [-0.1, -0.05) is 77.7 Å². The molecule has 45 heavy (non-hydrogen) atoms. The van der Waals surface area contributed by atoms with Crippen molar-refractivity contribution in [3.8, 4) is 11.5 Å². The van der Waals surface area contributed by atoms with Crippen LogP contribution in [0, 0.1) is 0 Å². The van der Waals surface area contributed by atoms with Crippen LogP contribution in [0.15, 0.2) is 77.3 Å². The maximum absolute atomic E-state index is 14.5. The van der Waals surface area contributed by atoms with Crippen LogP contribution in [0.25, 0.3) is 0 Å². The highest BCUT2D eigenvalue weighted by Crippen LogP contribution is 2.35. The highest BCUT2D eigenvalue weighted by molar-refractivity contribution is 9.10. The second-order valence-corrected chi connectivity index (χ2v) is 14.5. The topological polar surface area (TPSA) is 105 Å². The number of amides is 2. The first-order chi connectivity index (χ1) is 21.7. The number of ether oxygens (including phenoxy) is 2. The first-order valence-corrected chi connectivity index (χ1v) is 17.9. The van der Waals surface area contributed by atoms with E-state index in [1.54, 1.807) is 25.1 Å². The number of rotatable bonds is 12. The molecule has 1 saturated carbocycles. The molecule has 3 aromatic carbocycles. The van der Waals surface area contributed by atoms with Gasteiger partial charge in [0, 0.05) is 29.5 Å². The summed E-state index contributed by atoms with van der Waals surface area (Å²) in [7, 11) is -3.89. The Labute approximate surface area is 274 Å². The molecule has 2 aliphatic rings. The molecule has 11 heteroatoms. The lowest BCUT2D eigenvalue weighted by molar-refractivity contribution is -0.140. The number of fused-ring (bicyclic) bond motifs is 1. The lowest BCUT2D eigenvalue weighted by Gasteiger charge is -2.35. The van der Waals surface area contributed by atoms with Gasteiger partial charge in [0.1, 0.15) is 25.8 Å². The van der Waals surface area contributed by atoms with Crippen LogP contribution in [-0.4, -0.2) is 62.7 Å². The SMILES string of the molecule is CCS(=O)(=O)N(CC(=O)N(Cc1ccc(Br)cc1)C(Cc1ccccc1)C(=O)NC1CCCCC1)c1ccc2c(c1)OCCO2. The number of hydrogen-bond acceptors (Lipinski definition) is 6. The Bertz CT molecular complexity index is 1560. The Hall–Kier alpha value is -3.57. The Morgan fingerprint density at radius 3 is 2.29 bits per heavy atom. The van der Waals surface area contributed by atoms with Gasteiger partial charge in [-0.15, -0.1) is 0 Å². The van der Waals surface area contributed by atoms with Gasteiger partial charge >= 0.3 is 0 Å². The summed E-state index contributed by atoms with van der Waals surface area (Å²) in [5.74, 6) is 0.00853. The molecule has 240 valence electrons.